The van der Waals surface area contributed by atoms with Crippen molar-refractivity contribution in [1.29, 1.82) is 0 Å². The number of hydrogen-bond acceptors (Lipinski definition) is 4. The molecule has 0 aromatic heterocycles. The molecule has 0 heterocycles. The Labute approximate surface area is 222 Å². The van der Waals surface area contributed by atoms with Crippen molar-refractivity contribution in [3.63, 3.8) is 0 Å². The van der Waals surface area contributed by atoms with Crippen LogP contribution in [0.25, 0.3) is 0 Å². The maximum atomic E-state index is 9.57. The molecule has 0 radical (unpaired) electrons. The van der Waals surface area contributed by atoms with Gasteiger partial charge in [0.15, 0.2) is 0 Å². The highest BCUT2D eigenvalue weighted by molar-refractivity contribution is 7.43. The van der Waals surface area contributed by atoms with E-state index in [0.717, 1.165) is 22.8 Å². The predicted molar refractivity (Wildman–Crippen MR) is 154 cm³/mol. The van der Waals surface area contributed by atoms with Gasteiger partial charge in [-0.1, -0.05) is 91.6 Å². The predicted octanol–water partition coefficient (Wildman–Crippen LogP) is 9.37. The first-order valence-corrected chi connectivity index (χ1v) is 13.4. The quantitative estimate of drug-likeness (QED) is 0.259. The molecule has 0 saturated carbocycles. The monoisotopic (exact) mass is 516 g/mol. The minimum atomic E-state index is -1.62. The zero-order valence-electron chi connectivity index (χ0n) is 22.8. The molecular weight excluding hydrogens is 479 g/mol. The Morgan fingerprint density at radius 1 is 0.514 bits per heavy atom. The van der Waals surface area contributed by atoms with Gasteiger partial charge in [0.1, 0.15) is 23.0 Å². The first-order chi connectivity index (χ1) is 17.5. The number of phenolic OH excluding ortho intramolecular Hbond substituents is 1. The average molecular weight is 517 g/mol. The third kappa shape index (κ3) is 9.15. The van der Waals surface area contributed by atoms with Gasteiger partial charge in [0, 0.05) is 0 Å². The molecule has 194 valence electrons. The van der Waals surface area contributed by atoms with Crippen molar-refractivity contribution in [2.24, 2.45) is 0 Å². The van der Waals surface area contributed by atoms with E-state index in [-0.39, 0.29) is 5.41 Å². The summed E-state index contributed by atoms with van der Waals surface area (Å²) in [4.78, 5) is 0. The third-order valence-electron chi connectivity index (χ3n) is 5.56. The molecule has 0 unspecified atom stereocenters. The molecule has 4 aromatic rings. The third-order valence-corrected chi connectivity index (χ3v) is 6.64. The highest BCUT2D eigenvalue weighted by atomic mass is 31.2. The van der Waals surface area contributed by atoms with Gasteiger partial charge < -0.3 is 18.7 Å². The molecule has 0 aliphatic rings. The van der Waals surface area contributed by atoms with Crippen molar-refractivity contribution in [2.75, 3.05) is 0 Å². The van der Waals surface area contributed by atoms with Gasteiger partial charge in [0.25, 0.3) is 0 Å². The van der Waals surface area contributed by atoms with Crippen molar-refractivity contribution in [1.82, 2.24) is 0 Å². The van der Waals surface area contributed by atoms with E-state index in [1.54, 1.807) is 6.07 Å². The van der Waals surface area contributed by atoms with Gasteiger partial charge in [0.05, 0.1) is 0 Å². The lowest BCUT2D eigenvalue weighted by Gasteiger charge is -2.20. The molecule has 0 amide bonds. The van der Waals surface area contributed by atoms with Crippen LogP contribution in [0.4, 0.5) is 0 Å². The highest BCUT2D eigenvalue weighted by Crippen LogP contribution is 2.42. The second-order valence-electron chi connectivity index (χ2n) is 10.2. The molecule has 5 heteroatoms. The zero-order chi connectivity index (χ0) is 27.0. The summed E-state index contributed by atoms with van der Waals surface area (Å²) in [6.07, 6.45) is 0. The Balaban J connectivity index is 0.000000266. The molecule has 0 fully saturated rings. The Hall–Kier alpha value is -3.49. The molecule has 0 aliphatic carbocycles. The summed E-state index contributed by atoms with van der Waals surface area (Å²) in [5.74, 6) is 2.55. The number of rotatable bonds is 6. The summed E-state index contributed by atoms with van der Waals surface area (Å²) in [5.41, 5.74) is 5.76. The van der Waals surface area contributed by atoms with Gasteiger partial charge in [0.2, 0.25) is 0 Å². The molecule has 0 aliphatic heterocycles. The second kappa shape index (κ2) is 12.7. The molecule has 37 heavy (non-hydrogen) atoms. The topological polar surface area (TPSA) is 47.9 Å². The molecule has 0 atom stereocenters. The van der Waals surface area contributed by atoms with Crippen LogP contribution in [-0.2, 0) is 5.41 Å². The maximum Gasteiger partial charge on any atom is 0.530 e. The fraction of sp³-hybridized carbons (Fsp3) is 0.250. The SMILES string of the molecule is Cc1ccc(O)c(C(C)(C)C)c1.Cc1ccc(OP(Oc2ccc(C)cc2)Oc2ccc(C)cc2)cc1. The van der Waals surface area contributed by atoms with Crippen LogP contribution in [0.3, 0.4) is 0 Å². The molecule has 1 N–H and O–H groups in total. The van der Waals surface area contributed by atoms with Crippen molar-refractivity contribution >= 4 is 8.60 Å². The Kier molecular flexibility index (Phi) is 9.60. The van der Waals surface area contributed by atoms with Gasteiger partial charge in [-0.05, 0) is 81.1 Å². The summed E-state index contributed by atoms with van der Waals surface area (Å²) in [6.45, 7) is 14.5. The van der Waals surface area contributed by atoms with E-state index in [1.165, 1.54) is 22.3 Å². The van der Waals surface area contributed by atoms with E-state index in [2.05, 4.69) is 20.8 Å². The molecule has 4 nitrogen and oxygen atoms in total. The van der Waals surface area contributed by atoms with Crippen molar-refractivity contribution < 1.29 is 18.7 Å². The Morgan fingerprint density at radius 3 is 1.14 bits per heavy atom. The van der Waals surface area contributed by atoms with Crippen LogP contribution in [0.5, 0.6) is 23.0 Å². The summed E-state index contributed by atoms with van der Waals surface area (Å²) in [7, 11) is -1.62. The molecule has 0 saturated heterocycles. The largest absolute Gasteiger partial charge is 0.530 e. The van der Waals surface area contributed by atoms with Gasteiger partial charge in [-0.25, -0.2) is 0 Å². The van der Waals surface area contributed by atoms with Crippen LogP contribution in [0.1, 0.15) is 48.6 Å². The van der Waals surface area contributed by atoms with Crippen LogP contribution >= 0.6 is 8.60 Å². The minimum absolute atomic E-state index is 0.0239. The molecule has 0 bridgehead atoms. The van der Waals surface area contributed by atoms with E-state index in [9.17, 15) is 5.11 Å². The first kappa shape index (κ1) is 28.1. The minimum Gasteiger partial charge on any atom is -0.508 e. The van der Waals surface area contributed by atoms with Crippen molar-refractivity contribution in [2.45, 2.75) is 53.9 Å². The number of aromatic hydroxyl groups is 1. The van der Waals surface area contributed by atoms with E-state index in [0.29, 0.717) is 5.75 Å². The van der Waals surface area contributed by atoms with Crippen LogP contribution < -0.4 is 13.6 Å². The van der Waals surface area contributed by atoms with E-state index >= 15 is 0 Å². The fourth-order valence-corrected chi connectivity index (χ4v) is 4.36. The van der Waals surface area contributed by atoms with Crippen LogP contribution in [0.15, 0.2) is 91.0 Å². The molecular formula is C32H37O4P. The van der Waals surface area contributed by atoms with E-state index in [1.807, 2.05) is 113 Å². The molecule has 4 aromatic carbocycles. The number of phenols is 1. The second-order valence-corrected chi connectivity index (χ2v) is 11.2. The van der Waals surface area contributed by atoms with Gasteiger partial charge in [-0.15, -0.1) is 0 Å². The van der Waals surface area contributed by atoms with Gasteiger partial charge in [-0.2, -0.15) is 0 Å². The average Bonchev–Trinajstić information content (AvgIpc) is 2.85. The van der Waals surface area contributed by atoms with E-state index < -0.39 is 8.60 Å². The van der Waals surface area contributed by atoms with Gasteiger partial charge in [-0.3, -0.25) is 0 Å². The smallest absolute Gasteiger partial charge is 0.508 e. The van der Waals surface area contributed by atoms with Crippen LogP contribution in [0, 0.1) is 27.7 Å². The number of benzene rings is 4. The highest BCUT2D eigenvalue weighted by Gasteiger charge is 2.20. The zero-order valence-corrected chi connectivity index (χ0v) is 23.7. The Morgan fingerprint density at radius 2 is 0.838 bits per heavy atom. The normalized spacial score (nSPS) is 10.9. The standard InChI is InChI=1S/C21H21O3P.C11H16O/c1-16-4-10-19(11-5-16)22-25(23-20-12-6-17(2)7-13-20)24-21-14-8-18(3)9-15-21;1-8-5-6-10(12)9(7-8)11(2,3)4/h4-15H,1-3H3;5-7,12H,1-4H3. The van der Waals surface area contributed by atoms with E-state index in [4.69, 9.17) is 13.6 Å². The number of hydrogen-bond donors (Lipinski definition) is 1. The lowest BCUT2D eigenvalue weighted by Crippen LogP contribution is -2.11. The Bertz CT molecular complexity index is 1150. The fourth-order valence-electron chi connectivity index (χ4n) is 3.36. The summed E-state index contributed by atoms with van der Waals surface area (Å²) < 4.78 is 17.9. The first-order valence-electron chi connectivity index (χ1n) is 12.3. The summed E-state index contributed by atoms with van der Waals surface area (Å²) in [6, 6.07) is 29.2. The van der Waals surface area contributed by atoms with Crippen molar-refractivity contribution in [3.05, 3.63) is 119 Å². The lowest BCUT2D eigenvalue weighted by atomic mass is 9.85. The molecule has 4 rings (SSSR count). The number of aryl methyl sites for hydroxylation is 4. The lowest BCUT2D eigenvalue weighted by molar-refractivity contribution is 0.388. The van der Waals surface area contributed by atoms with Gasteiger partial charge >= 0.3 is 8.60 Å². The van der Waals surface area contributed by atoms with Crippen molar-refractivity contribution in [3.8, 4) is 23.0 Å². The summed E-state index contributed by atoms with van der Waals surface area (Å²) in [5, 5.41) is 9.57. The summed E-state index contributed by atoms with van der Waals surface area (Å²) >= 11 is 0. The van der Waals surface area contributed by atoms with Crippen LogP contribution in [-0.4, -0.2) is 5.11 Å². The van der Waals surface area contributed by atoms with Crippen LogP contribution in [0.2, 0.25) is 0 Å². The maximum absolute atomic E-state index is 9.57. The molecule has 0 spiro atoms.